The van der Waals surface area contributed by atoms with Gasteiger partial charge in [0.05, 0.1) is 19.8 Å². The van der Waals surface area contributed by atoms with Crippen LogP contribution in [0.2, 0.25) is 0 Å². The summed E-state index contributed by atoms with van der Waals surface area (Å²) in [4.78, 5) is 19.8. The second-order valence-corrected chi connectivity index (χ2v) is 8.18. The van der Waals surface area contributed by atoms with Crippen LogP contribution >= 0.6 is 0 Å². The predicted octanol–water partition coefficient (Wildman–Crippen LogP) is 2.50. The average Bonchev–Trinajstić information content (AvgIpc) is 3.25. The number of fused-ring (bicyclic) bond motifs is 1. The maximum absolute atomic E-state index is 12.3. The van der Waals surface area contributed by atoms with Gasteiger partial charge in [-0.3, -0.25) is 14.6 Å². The van der Waals surface area contributed by atoms with Crippen molar-refractivity contribution in [2.24, 2.45) is 0 Å². The second kappa shape index (κ2) is 11.3. The molecule has 3 aromatic rings. The van der Waals surface area contributed by atoms with Crippen molar-refractivity contribution in [1.82, 2.24) is 14.8 Å². The van der Waals surface area contributed by atoms with Crippen molar-refractivity contribution in [1.29, 1.82) is 0 Å². The van der Waals surface area contributed by atoms with Gasteiger partial charge in [-0.2, -0.15) is 0 Å². The van der Waals surface area contributed by atoms with Crippen LogP contribution in [0.4, 0.5) is 0 Å². The number of piperazine rings is 1. The molecule has 0 bridgehead atoms. The van der Waals surface area contributed by atoms with Crippen LogP contribution in [0.25, 0.3) is 10.9 Å². The molecule has 1 fully saturated rings. The summed E-state index contributed by atoms with van der Waals surface area (Å²) in [6, 6.07) is 15.0. The highest BCUT2D eigenvalue weighted by molar-refractivity contribution is 5.90. The molecule has 1 aromatic heterocycles. The van der Waals surface area contributed by atoms with E-state index < -0.39 is 12.0 Å². The van der Waals surface area contributed by atoms with Gasteiger partial charge in [0.15, 0.2) is 0 Å². The van der Waals surface area contributed by atoms with Crippen LogP contribution in [0.15, 0.2) is 54.7 Å². The van der Waals surface area contributed by atoms with Crippen LogP contribution in [-0.4, -0.2) is 83.5 Å². The first-order valence-electron chi connectivity index (χ1n) is 11.3. The van der Waals surface area contributed by atoms with Crippen molar-refractivity contribution in [2.45, 2.75) is 12.6 Å². The van der Waals surface area contributed by atoms with E-state index in [0.717, 1.165) is 47.4 Å². The van der Waals surface area contributed by atoms with Gasteiger partial charge in [0, 0.05) is 61.5 Å². The Balaban J connectivity index is 1.41. The maximum atomic E-state index is 12.3. The topological polar surface area (TPSA) is 98.3 Å². The molecule has 0 amide bonds. The number of hydrogen-bond donors (Lipinski definition) is 3. The predicted molar refractivity (Wildman–Crippen MR) is 125 cm³/mol. The molecule has 0 spiro atoms. The molecule has 8 heteroatoms. The lowest BCUT2D eigenvalue weighted by atomic mass is 10.0. The van der Waals surface area contributed by atoms with Crippen LogP contribution in [-0.2, 0) is 16.1 Å². The van der Waals surface area contributed by atoms with Gasteiger partial charge in [-0.1, -0.05) is 30.3 Å². The number of nitrogens with zero attached hydrogens (tertiary/aromatic N) is 2. The molecule has 1 aliphatic rings. The molecule has 1 saturated heterocycles. The fraction of sp³-hybridized carbons (Fsp3) is 0.400. The highest BCUT2D eigenvalue weighted by Crippen LogP contribution is 2.31. The lowest BCUT2D eigenvalue weighted by Gasteiger charge is -2.37. The summed E-state index contributed by atoms with van der Waals surface area (Å²) in [7, 11) is 0. The van der Waals surface area contributed by atoms with Crippen molar-refractivity contribution in [2.75, 3.05) is 52.5 Å². The Morgan fingerprint density at radius 1 is 1.06 bits per heavy atom. The summed E-state index contributed by atoms with van der Waals surface area (Å²) in [5.41, 5.74) is 2.73. The Bertz CT molecular complexity index is 1030. The number of aliphatic carboxylic acids is 1. The number of aromatic nitrogens is 1. The van der Waals surface area contributed by atoms with Crippen molar-refractivity contribution >= 4 is 16.9 Å². The first kappa shape index (κ1) is 23.3. The zero-order chi connectivity index (χ0) is 23.0. The lowest BCUT2D eigenvalue weighted by molar-refractivity contribution is -0.144. The Kier molecular flexibility index (Phi) is 7.96. The fourth-order valence-corrected chi connectivity index (χ4v) is 4.28. The normalized spacial score (nSPS) is 16.2. The largest absolute Gasteiger partial charge is 0.489 e. The van der Waals surface area contributed by atoms with Gasteiger partial charge >= 0.3 is 5.97 Å². The zero-order valence-corrected chi connectivity index (χ0v) is 18.7. The van der Waals surface area contributed by atoms with E-state index in [1.54, 1.807) is 6.20 Å². The molecule has 0 saturated carbocycles. The van der Waals surface area contributed by atoms with E-state index in [4.69, 9.17) is 14.6 Å². The van der Waals surface area contributed by atoms with Crippen LogP contribution < -0.4 is 4.74 Å². The number of hydrogen-bond acceptors (Lipinski definition) is 6. The number of aliphatic hydroxyl groups excluding tert-OH is 1. The van der Waals surface area contributed by atoms with Crippen molar-refractivity contribution in [3.05, 3.63) is 65.9 Å². The number of carboxylic acids is 1. The van der Waals surface area contributed by atoms with Gasteiger partial charge < -0.3 is 24.7 Å². The zero-order valence-electron chi connectivity index (χ0n) is 18.7. The number of aromatic amines is 1. The molecule has 4 rings (SSSR count). The van der Waals surface area contributed by atoms with Crippen LogP contribution in [0.3, 0.4) is 0 Å². The summed E-state index contributed by atoms with van der Waals surface area (Å²) >= 11 is 0. The molecular weight excluding hydrogens is 422 g/mol. The average molecular weight is 454 g/mol. The molecule has 0 unspecified atom stereocenters. The summed E-state index contributed by atoms with van der Waals surface area (Å²) in [6.45, 7) is 5.11. The number of carboxylic acid groups (broad SMARTS) is 1. The number of ether oxygens (including phenoxy) is 2. The van der Waals surface area contributed by atoms with E-state index in [-0.39, 0.29) is 6.61 Å². The minimum absolute atomic E-state index is 0.0271. The molecule has 0 aliphatic carbocycles. The Hall–Kier alpha value is -2.91. The van der Waals surface area contributed by atoms with Crippen LogP contribution in [0, 0.1) is 0 Å². The first-order chi connectivity index (χ1) is 16.2. The SMILES string of the molecule is O=C(O)[C@H](c1c[nH]c2cc(OCc3ccccc3)ccc12)N1CCN(CCOCCO)CC1. The third kappa shape index (κ3) is 5.91. The molecule has 3 N–H and O–H groups in total. The third-order valence-corrected chi connectivity index (χ3v) is 6.02. The fourth-order valence-electron chi connectivity index (χ4n) is 4.28. The quantitative estimate of drug-likeness (QED) is 0.384. The Labute approximate surface area is 193 Å². The number of nitrogens with one attached hydrogen (secondary N) is 1. The summed E-state index contributed by atoms with van der Waals surface area (Å²) < 4.78 is 11.3. The highest BCUT2D eigenvalue weighted by atomic mass is 16.5. The third-order valence-electron chi connectivity index (χ3n) is 6.02. The molecule has 8 nitrogen and oxygen atoms in total. The first-order valence-corrected chi connectivity index (χ1v) is 11.3. The maximum Gasteiger partial charge on any atom is 0.325 e. The number of H-pyrrole nitrogens is 1. The van der Waals surface area contributed by atoms with E-state index in [2.05, 4.69) is 9.88 Å². The molecule has 33 heavy (non-hydrogen) atoms. The van der Waals surface area contributed by atoms with E-state index in [1.807, 2.05) is 53.4 Å². The number of benzene rings is 2. The van der Waals surface area contributed by atoms with Gasteiger partial charge in [0.2, 0.25) is 0 Å². The standard InChI is InChI=1S/C25H31N3O5/c29-13-15-32-14-12-27-8-10-28(11-9-27)24(25(30)31)22-17-26-23-16-20(6-7-21(22)23)33-18-19-4-2-1-3-5-19/h1-7,16-17,24,26,29H,8-15,18H2,(H,30,31)/t24-/m0/s1. The van der Waals surface area contributed by atoms with E-state index in [9.17, 15) is 9.90 Å². The molecular formula is C25H31N3O5. The van der Waals surface area contributed by atoms with Crippen molar-refractivity contribution < 1.29 is 24.5 Å². The minimum atomic E-state index is -0.847. The summed E-state index contributed by atoms with van der Waals surface area (Å²) in [6.07, 6.45) is 1.81. The molecule has 0 radical (unpaired) electrons. The monoisotopic (exact) mass is 453 g/mol. The van der Waals surface area contributed by atoms with Crippen LogP contribution in [0.1, 0.15) is 17.2 Å². The lowest BCUT2D eigenvalue weighted by Crippen LogP contribution is -2.49. The highest BCUT2D eigenvalue weighted by Gasteiger charge is 2.32. The van der Waals surface area contributed by atoms with Gasteiger partial charge in [-0.05, 0) is 17.7 Å². The van der Waals surface area contributed by atoms with E-state index in [1.165, 1.54) is 0 Å². The summed E-state index contributed by atoms with van der Waals surface area (Å²) in [5.74, 6) is -0.108. The molecule has 1 aliphatic heterocycles. The van der Waals surface area contributed by atoms with Gasteiger partial charge in [-0.25, -0.2) is 0 Å². The van der Waals surface area contributed by atoms with Gasteiger partial charge in [0.1, 0.15) is 18.4 Å². The Morgan fingerprint density at radius 2 is 1.85 bits per heavy atom. The van der Waals surface area contributed by atoms with Gasteiger partial charge in [-0.15, -0.1) is 0 Å². The molecule has 176 valence electrons. The van der Waals surface area contributed by atoms with Crippen LogP contribution in [0.5, 0.6) is 5.75 Å². The molecule has 2 aromatic carbocycles. The second-order valence-electron chi connectivity index (χ2n) is 8.18. The molecule has 1 atom stereocenters. The number of aliphatic hydroxyl groups is 1. The Morgan fingerprint density at radius 3 is 2.58 bits per heavy atom. The van der Waals surface area contributed by atoms with Crippen molar-refractivity contribution in [3.8, 4) is 5.75 Å². The minimum Gasteiger partial charge on any atom is -0.489 e. The number of rotatable bonds is 11. The van der Waals surface area contributed by atoms with Gasteiger partial charge in [0.25, 0.3) is 0 Å². The smallest absolute Gasteiger partial charge is 0.325 e. The summed E-state index contributed by atoms with van der Waals surface area (Å²) in [5, 5.41) is 19.7. The molecule has 2 heterocycles. The van der Waals surface area contributed by atoms with E-state index in [0.29, 0.717) is 32.9 Å². The van der Waals surface area contributed by atoms with Crippen molar-refractivity contribution in [3.63, 3.8) is 0 Å². The number of carbonyl (C=O) groups is 1. The van der Waals surface area contributed by atoms with E-state index >= 15 is 0 Å².